The molecule has 2 aromatic rings. The van der Waals surface area contributed by atoms with Crippen LogP contribution in [0.5, 0.6) is 5.75 Å². The lowest BCUT2D eigenvalue weighted by atomic mass is 10.2. The SMILES string of the molecule is C#CCOc1ccccc1CNn1c(C)ccc1C. The molecule has 0 spiro atoms. The molecule has 0 atom stereocenters. The lowest BCUT2D eigenvalue weighted by Gasteiger charge is -2.15. The maximum Gasteiger partial charge on any atom is 0.148 e. The molecule has 3 nitrogen and oxygen atoms in total. The van der Waals surface area contributed by atoms with Gasteiger partial charge in [0.25, 0.3) is 0 Å². The quantitative estimate of drug-likeness (QED) is 0.830. The van der Waals surface area contributed by atoms with E-state index < -0.39 is 0 Å². The standard InChI is InChI=1S/C16H18N2O/c1-4-11-19-16-8-6-5-7-15(16)12-17-18-13(2)9-10-14(18)3/h1,5-10,17H,11-12H2,2-3H3. The first kappa shape index (κ1) is 13.1. The molecule has 1 aromatic heterocycles. The molecule has 0 fully saturated rings. The summed E-state index contributed by atoms with van der Waals surface area (Å²) in [6, 6.07) is 12.1. The first-order valence-electron chi connectivity index (χ1n) is 6.25. The molecule has 0 aliphatic rings. The van der Waals surface area contributed by atoms with Gasteiger partial charge in [0.05, 0.1) is 6.54 Å². The summed E-state index contributed by atoms with van der Waals surface area (Å²) in [7, 11) is 0. The number of nitrogens with one attached hydrogen (secondary N) is 1. The molecular weight excluding hydrogens is 236 g/mol. The summed E-state index contributed by atoms with van der Waals surface area (Å²) < 4.78 is 7.60. The van der Waals surface area contributed by atoms with E-state index >= 15 is 0 Å². The first-order chi connectivity index (χ1) is 9.22. The van der Waals surface area contributed by atoms with Crippen molar-refractivity contribution < 1.29 is 4.74 Å². The number of para-hydroxylation sites is 1. The Morgan fingerprint density at radius 3 is 2.53 bits per heavy atom. The van der Waals surface area contributed by atoms with Crippen LogP contribution in [0, 0.1) is 26.2 Å². The van der Waals surface area contributed by atoms with Crippen LogP contribution in [0.15, 0.2) is 36.4 Å². The molecule has 0 aliphatic carbocycles. The highest BCUT2D eigenvalue weighted by Crippen LogP contribution is 2.18. The maximum atomic E-state index is 5.53. The fourth-order valence-corrected chi connectivity index (χ4v) is 1.99. The van der Waals surface area contributed by atoms with Gasteiger partial charge in [0.2, 0.25) is 0 Å². The number of rotatable bonds is 5. The van der Waals surface area contributed by atoms with Crippen molar-refractivity contribution in [2.45, 2.75) is 20.4 Å². The molecule has 0 unspecified atom stereocenters. The van der Waals surface area contributed by atoms with Crippen LogP contribution in [0.3, 0.4) is 0 Å². The van der Waals surface area contributed by atoms with E-state index in [0.29, 0.717) is 13.2 Å². The molecule has 0 saturated heterocycles. The second kappa shape index (κ2) is 6.01. The van der Waals surface area contributed by atoms with Gasteiger partial charge in [-0.25, -0.2) is 0 Å². The average molecular weight is 254 g/mol. The normalized spacial score (nSPS) is 9.95. The van der Waals surface area contributed by atoms with Gasteiger partial charge in [0.15, 0.2) is 0 Å². The number of aromatic nitrogens is 1. The molecule has 19 heavy (non-hydrogen) atoms. The minimum absolute atomic E-state index is 0.290. The number of hydrogen-bond donors (Lipinski definition) is 1. The van der Waals surface area contributed by atoms with Crippen LogP contribution in [-0.4, -0.2) is 11.3 Å². The van der Waals surface area contributed by atoms with Crippen LogP contribution < -0.4 is 10.2 Å². The van der Waals surface area contributed by atoms with Gasteiger partial charge >= 0.3 is 0 Å². The second-order valence-corrected chi connectivity index (χ2v) is 4.39. The van der Waals surface area contributed by atoms with E-state index in [4.69, 9.17) is 11.2 Å². The van der Waals surface area contributed by atoms with Crippen LogP contribution in [0.4, 0.5) is 0 Å². The molecule has 1 N–H and O–H groups in total. The van der Waals surface area contributed by atoms with Crippen molar-refractivity contribution in [2.75, 3.05) is 12.0 Å². The van der Waals surface area contributed by atoms with Gasteiger partial charge in [0.1, 0.15) is 12.4 Å². The largest absolute Gasteiger partial charge is 0.481 e. The van der Waals surface area contributed by atoms with E-state index in [-0.39, 0.29) is 0 Å². The summed E-state index contributed by atoms with van der Waals surface area (Å²) in [4.78, 5) is 0. The summed E-state index contributed by atoms with van der Waals surface area (Å²) in [5, 5.41) is 0. The van der Waals surface area contributed by atoms with Gasteiger partial charge in [0, 0.05) is 17.0 Å². The average Bonchev–Trinajstić information content (AvgIpc) is 2.74. The summed E-state index contributed by atoms with van der Waals surface area (Å²) in [6.07, 6.45) is 5.22. The third-order valence-electron chi connectivity index (χ3n) is 2.98. The molecule has 3 heteroatoms. The number of nitrogens with zero attached hydrogens (tertiary/aromatic N) is 1. The number of aryl methyl sites for hydroxylation is 2. The highest BCUT2D eigenvalue weighted by atomic mass is 16.5. The van der Waals surface area contributed by atoms with E-state index in [9.17, 15) is 0 Å². The number of hydrogen-bond acceptors (Lipinski definition) is 2. The predicted octanol–water partition coefficient (Wildman–Crippen LogP) is 2.86. The Balaban J connectivity index is 2.09. The Labute approximate surface area is 114 Å². The lowest BCUT2D eigenvalue weighted by Crippen LogP contribution is -2.17. The number of benzene rings is 1. The van der Waals surface area contributed by atoms with Crippen molar-refractivity contribution in [2.24, 2.45) is 0 Å². The summed E-state index contributed by atoms with van der Waals surface area (Å²) in [5.74, 6) is 3.31. The highest BCUT2D eigenvalue weighted by Gasteiger charge is 2.04. The summed E-state index contributed by atoms with van der Waals surface area (Å²) in [5.41, 5.74) is 6.83. The Morgan fingerprint density at radius 2 is 1.84 bits per heavy atom. The van der Waals surface area contributed by atoms with Crippen molar-refractivity contribution in [1.82, 2.24) is 4.68 Å². The van der Waals surface area contributed by atoms with Crippen molar-refractivity contribution >= 4 is 0 Å². The topological polar surface area (TPSA) is 26.2 Å². The smallest absolute Gasteiger partial charge is 0.148 e. The lowest BCUT2D eigenvalue weighted by molar-refractivity contribution is 0.366. The third kappa shape index (κ3) is 3.11. The molecule has 0 amide bonds. The molecule has 98 valence electrons. The molecule has 0 bridgehead atoms. The molecule has 0 radical (unpaired) electrons. The zero-order valence-corrected chi connectivity index (χ0v) is 11.3. The predicted molar refractivity (Wildman–Crippen MR) is 77.7 cm³/mol. The van der Waals surface area contributed by atoms with Gasteiger partial charge in [-0.15, -0.1) is 6.42 Å². The van der Waals surface area contributed by atoms with Crippen LogP contribution in [0.2, 0.25) is 0 Å². The summed E-state index contributed by atoms with van der Waals surface area (Å²) >= 11 is 0. The van der Waals surface area contributed by atoms with Gasteiger partial charge in [-0.3, -0.25) is 4.68 Å². The minimum Gasteiger partial charge on any atom is -0.481 e. The van der Waals surface area contributed by atoms with Crippen LogP contribution in [0.1, 0.15) is 17.0 Å². The second-order valence-electron chi connectivity index (χ2n) is 4.39. The van der Waals surface area contributed by atoms with Gasteiger partial charge in [-0.05, 0) is 32.0 Å². The van der Waals surface area contributed by atoms with E-state index in [1.807, 2.05) is 24.3 Å². The van der Waals surface area contributed by atoms with E-state index in [1.54, 1.807) is 0 Å². The minimum atomic E-state index is 0.290. The Hall–Kier alpha value is -2.34. The van der Waals surface area contributed by atoms with Crippen LogP contribution in [0.25, 0.3) is 0 Å². The molecule has 1 heterocycles. The monoisotopic (exact) mass is 254 g/mol. The van der Waals surface area contributed by atoms with Gasteiger partial charge < -0.3 is 10.2 Å². The molecule has 0 aliphatic heterocycles. The van der Waals surface area contributed by atoms with Crippen LogP contribution >= 0.6 is 0 Å². The fourth-order valence-electron chi connectivity index (χ4n) is 1.99. The highest BCUT2D eigenvalue weighted by molar-refractivity contribution is 5.34. The summed E-state index contributed by atoms with van der Waals surface area (Å²) in [6.45, 7) is 5.12. The number of terminal acetylenes is 1. The maximum absolute atomic E-state index is 5.53. The van der Waals surface area contributed by atoms with Crippen molar-refractivity contribution in [3.05, 3.63) is 53.3 Å². The van der Waals surface area contributed by atoms with Gasteiger partial charge in [-0.2, -0.15) is 0 Å². The molecule has 0 saturated carbocycles. The number of ether oxygens (including phenoxy) is 1. The fraction of sp³-hybridized carbons (Fsp3) is 0.250. The van der Waals surface area contributed by atoms with E-state index in [0.717, 1.165) is 11.3 Å². The van der Waals surface area contributed by atoms with Crippen molar-refractivity contribution in [1.29, 1.82) is 0 Å². The van der Waals surface area contributed by atoms with Crippen LogP contribution in [-0.2, 0) is 6.54 Å². The van der Waals surface area contributed by atoms with Gasteiger partial charge in [-0.1, -0.05) is 24.1 Å². The van der Waals surface area contributed by atoms with E-state index in [2.05, 4.69) is 42.0 Å². The van der Waals surface area contributed by atoms with Crippen molar-refractivity contribution in [3.63, 3.8) is 0 Å². The Kier molecular flexibility index (Phi) is 4.15. The molecular formula is C16H18N2O. The zero-order valence-electron chi connectivity index (χ0n) is 11.3. The molecule has 2 rings (SSSR count). The van der Waals surface area contributed by atoms with Crippen molar-refractivity contribution in [3.8, 4) is 18.1 Å². The Bertz CT molecular complexity index is 574. The third-order valence-corrected chi connectivity index (χ3v) is 2.98. The first-order valence-corrected chi connectivity index (χ1v) is 6.25. The molecule has 1 aromatic carbocycles. The zero-order chi connectivity index (χ0) is 13.7. The Morgan fingerprint density at radius 1 is 1.16 bits per heavy atom. The van der Waals surface area contributed by atoms with E-state index in [1.165, 1.54) is 11.4 Å².